The van der Waals surface area contributed by atoms with E-state index >= 15 is 0 Å². The molecule has 33 heavy (non-hydrogen) atoms. The lowest BCUT2D eigenvalue weighted by Gasteiger charge is -2.35. The van der Waals surface area contributed by atoms with Crippen LogP contribution in [-0.2, 0) is 10.0 Å². The van der Waals surface area contributed by atoms with E-state index in [4.69, 9.17) is 11.6 Å². The van der Waals surface area contributed by atoms with Crippen molar-refractivity contribution in [1.29, 1.82) is 0 Å². The molecule has 2 fully saturated rings. The molecule has 0 aromatic heterocycles. The largest absolute Gasteiger partial charge is 0.367 e. The smallest absolute Gasteiger partial charge is 0.255 e. The second kappa shape index (κ2) is 10.0. The van der Waals surface area contributed by atoms with Gasteiger partial charge in [-0.3, -0.25) is 4.79 Å². The fourth-order valence-electron chi connectivity index (χ4n) is 4.47. The lowest BCUT2D eigenvalue weighted by Crippen LogP contribution is -2.44. The molecule has 1 atom stereocenters. The molecule has 7 nitrogen and oxygen atoms in total. The summed E-state index contributed by atoms with van der Waals surface area (Å²) in [7, 11) is -1.48. The summed E-state index contributed by atoms with van der Waals surface area (Å²) in [6, 6.07) is 11.7. The van der Waals surface area contributed by atoms with Gasteiger partial charge >= 0.3 is 0 Å². The molecule has 2 aromatic rings. The number of anilines is 2. The van der Waals surface area contributed by atoms with Crippen LogP contribution in [0.25, 0.3) is 0 Å². The van der Waals surface area contributed by atoms with Gasteiger partial charge in [0.05, 0.1) is 16.3 Å². The third-order valence-electron chi connectivity index (χ3n) is 6.52. The quantitative estimate of drug-likeness (QED) is 0.688. The number of piperidine rings is 1. The summed E-state index contributed by atoms with van der Waals surface area (Å²) in [6.45, 7) is 6.10. The first-order valence-electron chi connectivity index (χ1n) is 11.4. The lowest BCUT2D eigenvalue weighted by atomic mass is 10.1. The highest BCUT2D eigenvalue weighted by atomic mass is 35.5. The lowest BCUT2D eigenvalue weighted by molar-refractivity contribution is 0.102. The van der Waals surface area contributed by atoms with Crippen LogP contribution in [0.1, 0.15) is 36.5 Å². The van der Waals surface area contributed by atoms with E-state index in [2.05, 4.69) is 22.2 Å². The first-order chi connectivity index (χ1) is 15.8. The van der Waals surface area contributed by atoms with E-state index in [1.165, 1.54) is 12.1 Å². The molecule has 2 saturated heterocycles. The van der Waals surface area contributed by atoms with Crippen LogP contribution in [-0.4, -0.2) is 69.3 Å². The van der Waals surface area contributed by atoms with Crippen LogP contribution in [0, 0.1) is 0 Å². The van der Waals surface area contributed by atoms with E-state index in [9.17, 15) is 13.2 Å². The Labute approximate surface area is 201 Å². The van der Waals surface area contributed by atoms with Gasteiger partial charge in [-0.2, -0.15) is 4.31 Å². The number of benzene rings is 2. The van der Waals surface area contributed by atoms with Crippen molar-refractivity contribution in [3.63, 3.8) is 0 Å². The van der Waals surface area contributed by atoms with Gasteiger partial charge in [0.2, 0.25) is 10.0 Å². The number of rotatable bonds is 5. The van der Waals surface area contributed by atoms with Crippen molar-refractivity contribution in [2.24, 2.45) is 0 Å². The van der Waals surface area contributed by atoms with Crippen molar-refractivity contribution in [1.82, 2.24) is 9.21 Å². The predicted octanol–water partition coefficient (Wildman–Crippen LogP) is 3.91. The molecule has 2 aromatic carbocycles. The standard InChI is InChI=1S/C24H31ClN4O3S/c1-18-5-3-4-12-29(18)33(31,32)21-9-6-19(7-10-21)24(30)26-22-17-20(25)8-11-23(22)28-15-13-27(2)14-16-28/h6-11,17-18H,3-5,12-16H2,1-2H3,(H,26,30). The highest BCUT2D eigenvalue weighted by Gasteiger charge is 2.31. The summed E-state index contributed by atoms with van der Waals surface area (Å²) in [5, 5.41) is 3.51. The number of hydrogen-bond acceptors (Lipinski definition) is 5. The maximum Gasteiger partial charge on any atom is 0.255 e. The van der Waals surface area contributed by atoms with Gasteiger partial charge in [-0.1, -0.05) is 18.0 Å². The Kier molecular flexibility index (Phi) is 7.28. The molecule has 178 valence electrons. The zero-order valence-corrected chi connectivity index (χ0v) is 20.7. The zero-order chi connectivity index (χ0) is 23.6. The van der Waals surface area contributed by atoms with Gasteiger partial charge in [-0.25, -0.2) is 8.42 Å². The average molecular weight is 491 g/mol. The summed E-state index contributed by atoms with van der Waals surface area (Å²) in [5.41, 5.74) is 1.97. The fraction of sp³-hybridized carbons (Fsp3) is 0.458. The molecule has 1 amide bonds. The van der Waals surface area contributed by atoms with Gasteiger partial charge in [0.25, 0.3) is 5.91 Å². The Bertz CT molecular complexity index is 1100. The van der Waals surface area contributed by atoms with Gasteiger partial charge in [-0.15, -0.1) is 0 Å². The van der Waals surface area contributed by atoms with Gasteiger partial charge in [0.15, 0.2) is 0 Å². The molecule has 4 rings (SSSR count). The van der Waals surface area contributed by atoms with Crippen LogP contribution in [0.4, 0.5) is 11.4 Å². The Morgan fingerprint density at radius 3 is 2.36 bits per heavy atom. The second-order valence-electron chi connectivity index (χ2n) is 8.89. The minimum Gasteiger partial charge on any atom is -0.367 e. The normalized spacial score (nSPS) is 20.6. The van der Waals surface area contributed by atoms with Crippen LogP contribution < -0.4 is 10.2 Å². The number of halogens is 1. The fourth-order valence-corrected chi connectivity index (χ4v) is 6.34. The van der Waals surface area contributed by atoms with Crippen molar-refractivity contribution in [3.05, 3.63) is 53.1 Å². The van der Waals surface area contributed by atoms with Crippen LogP contribution >= 0.6 is 11.6 Å². The number of hydrogen-bond donors (Lipinski definition) is 1. The summed E-state index contributed by atoms with van der Waals surface area (Å²) in [5.74, 6) is -0.303. The molecular weight excluding hydrogens is 460 g/mol. The topological polar surface area (TPSA) is 73.0 Å². The van der Waals surface area contributed by atoms with Crippen LogP contribution in [0.3, 0.4) is 0 Å². The van der Waals surface area contributed by atoms with Gasteiger partial charge < -0.3 is 15.1 Å². The molecule has 0 saturated carbocycles. The SMILES string of the molecule is CC1CCCCN1S(=O)(=O)c1ccc(C(=O)Nc2cc(Cl)ccc2N2CCN(C)CC2)cc1. The number of likely N-dealkylation sites (N-methyl/N-ethyl adjacent to an activating group) is 1. The van der Waals surface area contributed by atoms with Gasteiger partial charge in [0.1, 0.15) is 0 Å². The highest BCUT2D eigenvalue weighted by Crippen LogP contribution is 2.31. The molecule has 9 heteroatoms. The highest BCUT2D eigenvalue weighted by molar-refractivity contribution is 7.89. The van der Waals surface area contributed by atoms with Gasteiger partial charge in [0, 0.05) is 49.4 Å². The Balaban J connectivity index is 1.51. The summed E-state index contributed by atoms with van der Waals surface area (Å²) in [4.78, 5) is 17.7. The predicted molar refractivity (Wildman–Crippen MR) is 133 cm³/mol. The van der Waals surface area contributed by atoms with Crippen LogP contribution in [0.5, 0.6) is 0 Å². The van der Waals surface area contributed by atoms with E-state index in [0.29, 0.717) is 22.8 Å². The molecule has 0 aliphatic carbocycles. The number of piperazine rings is 1. The van der Waals surface area contributed by atoms with E-state index < -0.39 is 10.0 Å². The van der Waals surface area contributed by atoms with Crippen molar-refractivity contribution >= 4 is 38.9 Å². The first kappa shape index (κ1) is 24.0. The average Bonchev–Trinajstić information content (AvgIpc) is 2.80. The Morgan fingerprint density at radius 1 is 1.00 bits per heavy atom. The third kappa shape index (κ3) is 5.35. The summed E-state index contributed by atoms with van der Waals surface area (Å²) >= 11 is 6.22. The van der Waals surface area contributed by atoms with E-state index in [0.717, 1.165) is 51.1 Å². The summed E-state index contributed by atoms with van der Waals surface area (Å²) < 4.78 is 27.7. The van der Waals surface area contributed by atoms with E-state index in [1.54, 1.807) is 22.5 Å². The molecule has 1 unspecified atom stereocenters. The number of amides is 1. The minimum absolute atomic E-state index is 0.0115. The van der Waals surface area contributed by atoms with Crippen LogP contribution in [0.2, 0.25) is 5.02 Å². The van der Waals surface area contributed by atoms with Crippen LogP contribution in [0.15, 0.2) is 47.4 Å². The second-order valence-corrected chi connectivity index (χ2v) is 11.2. The van der Waals surface area contributed by atoms with E-state index in [-0.39, 0.29) is 16.8 Å². The number of carbonyl (C=O) groups is 1. The molecular formula is C24H31ClN4O3S. The zero-order valence-electron chi connectivity index (χ0n) is 19.1. The molecule has 2 aliphatic heterocycles. The van der Waals surface area contributed by atoms with Crippen molar-refractivity contribution in [2.75, 3.05) is 50.0 Å². The maximum atomic E-state index is 13.1. The molecule has 2 heterocycles. The third-order valence-corrected chi connectivity index (χ3v) is 8.78. The number of carbonyl (C=O) groups excluding carboxylic acids is 1. The molecule has 1 N–H and O–H groups in total. The minimum atomic E-state index is -3.57. The maximum absolute atomic E-state index is 13.1. The first-order valence-corrected chi connectivity index (χ1v) is 13.2. The van der Waals surface area contributed by atoms with Crippen molar-refractivity contribution < 1.29 is 13.2 Å². The van der Waals surface area contributed by atoms with Crippen molar-refractivity contribution in [2.45, 2.75) is 37.1 Å². The number of nitrogens with one attached hydrogen (secondary N) is 1. The van der Waals surface area contributed by atoms with Crippen molar-refractivity contribution in [3.8, 4) is 0 Å². The van der Waals surface area contributed by atoms with Gasteiger partial charge in [-0.05, 0) is 69.3 Å². The Hall–Kier alpha value is -2.13. The summed E-state index contributed by atoms with van der Waals surface area (Å²) in [6.07, 6.45) is 2.79. The Morgan fingerprint density at radius 2 is 1.70 bits per heavy atom. The number of sulfonamides is 1. The molecule has 0 radical (unpaired) electrons. The molecule has 2 aliphatic rings. The molecule has 0 bridgehead atoms. The molecule has 0 spiro atoms. The van der Waals surface area contributed by atoms with E-state index in [1.807, 2.05) is 19.1 Å². The number of nitrogens with zero attached hydrogens (tertiary/aromatic N) is 3. The monoisotopic (exact) mass is 490 g/mol.